The zero-order valence-electron chi connectivity index (χ0n) is 20.6. The van der Waals surface area contributed by atoms with E-state index in [0.29, 0.717) is 6.42 Å². The van der Waals surface area contributed by atoms with Gasteiger partial charge in [0.2, 0.25) is 0 Å². The molecule has 0 aliphatic rings. The number of quaternary nitrogens is 1. The fraction of sp³-hybridized carbons (Fsp3) is 0.769. The Kier molecular flexibility index (Phi) is 18.1. The van der Waals surface area contributed by atoms with E-state index in [-0.39, 0.29) is 11.0 Å². The molecule has 0 aromatic heterocycles. The molecular formula is C26H49NO3S. The van der Waals surface area contributed by atoms with Gasteiger partial charge < -0.3 is 10.7 Å². The Morgan fingerprint density at radius 2 is 1.06 bits per heavy atom. The molecule has 4 nitrogen and oxygen atoms in total. The molecule has 5 heteroatoms. The van der Waals surface area contributed by atoms with Crippen LogP contribution in [0.25, 0.3) is 0 Å². The first-order valence-electron chi connectivity index (χ1n) is 12.6. The topological polar surface area (TPSA) is 93.7 Å². The minimum atomic E-state index is -4.41. The fourth-order valence-corrected chi connectivity index (χ4v) is 5.03. The number of rotatable bonds is 19. The van der Waals surface area contributed by atoms with Crippen LogP contribution in [0.2, 0.25) is 0 Å². The zero-order valence-corrected chi connectivity index (χ0v) is 21.4. The van der Waals surface area contributed by atoms with E-state index in [1.165, 1.54) is 89.5 Å². The van der Waals surface area contributed by atoms with E-state index in [9.17, 15) is 13.0 Å². The summed E-state index contributed by atoms with van der Waals surface area (Å²) in [7, 11) is -4.41. The molecule has 1 rings (SSSR count). The lowest BCUT2D eigenvalue weighted by atomic mass is 9.96. The van der Waals surface area contributed by atoms with Gasteiger partial charge in [-0.25, -0.2) is 8.42 Å². The SMILES string of the molecule is CCCCCCCCCCc1cccc(S(=O)(=O)[O-])c1CCCCCCCCCC.[NH4+]. The van der Waals surface area contributed by atoms with Crippen molar-refractivity contribution in [1.29, 1.82) is 0 Å². The van der Waals surface area contributed by atoms with Crippen LogP contribution in [0.5, 0.6) is 0 Å². The van der Waals surface area contributed by atoms with Gasteiger partial charge in [-0.2, -0.15) is 0 Å². The fourth-order valence-electron chi connectivity index (χ4n) is 4.25. The van der Waals surface area contributed by atoms with Gasteiger partial charge in [-0.1, -0.05) is 116 Å². The predicted octanol–water partition coefficient (Wildman–Crippen LogP) is 8.33. The van der Waals surface area contributed by atoms with Crippen LogP contribution >= 0.6 is 0 Å². The van der Waals surface area contributed by atoms with E-state index in [2.05, 4.69) is 13.8 Å². The zero-order chi connectivity index (χ0) is 22.1. The molecule has 0 fully saturated rings. The Labute approximate surface area is 192 Å². The molecule has 0 radical (unpaired) electrons. The Balaban J connectivity index is 0.00000900. The average molecular weight is 456 g/mol. The predicted molar refractivity (Wildman–Crippen MR) is 133 cm³/mol. The smallest absolute Gasteiger partial charge is 0.124 e. The molecule has 0 saturated heterocycles. The van der Waals surface area contributed by atoms with Crippen LogP contribution in [-0.4, -0.2) is 13.0 Å². The normalized spacial score (nSPS) is 11.5. The van der Waals surface area contributed by atoms with Crippen LogP contribution in [0.15, 0.2) is 23.1 Å². The highest BCUT2D eigenvalue weighted by atomic mass is 32.2. The molecular weight excluding hydrogens is 406 g/mol. The highest BCUT2D eigenvalue weighted by Gasteiger charge is 2.13. The number of benzene rings is 1. The molecule has 0 amide bonds. The second kappa shape index (κ2) is 18.6. The van der Waals surface area contributed by atoms with Crippen molar-refractivity contribution in [1.82, 2.24) is 6.15 Å². The van der Waals surface area contributed by atoms with Crippen LogP contribution in [0.1, 0.15) is 128 Å². The molecule has 0 heterocycles. The van der Waals surface area contributed by atoms with Crippen molar-refractivity contribution in [2.75, 3.05) is 0 Å². The minimum Gasteiger partial charge on any atom is -0.744 e. The van der Waals surface area contributed by atoms with E-state index in [1.54, 1.807) is 6.07 Å². The first-order chi connectivity index (χ1) is 14.5. The third-order valence-electron chi connectivity index (χ3n) is 6.08. The molecule has 182 valence electrons. The maximum atomic E-state index is 11.8. The van der Waals surface area contributed by atoms with E-state index in [0.717, 1.165) is 36.8 Å². The lowest BCUT2D eigenvalue weighted by Gasteiger charge is -2.17. The molecule has 0 saturated carbocycles. The van der Waals surface area contributed by atoms with Crippen LogP contribution in [0, 0.1) is 0 Å². The Hall–Kier alpha value is -0.910. The second-order valence-electron chi connectivity index (χ2n) is 8.80. The van der Waals surface area contributed by atoms with Crippen molar-refractivity contribution in [2.45, 2.75) is 134 Å². The van der Waals surface area contributed by atoms with Crippen LogP contribution in [-0.2, 0) is 23.0 Å². The maximum absolute atomic E-state index is 11.8. The van der Waals surface area contributed by atoms with Gasteiger partial charge in [0.1, 0.15) is 10.1 Å². The van der Waals surface area contributed by atoms with Gasteiger partial charge >= 0.3 is 0 Å². The van der Waals surface area contributed by atoms with Crippen LogP contribution < -0.4 is 6.15 Å². The highest BCUT2D eigenvalue weighted by molar-refractivity contribution is 7.85. The number of hydrogen-bond donors (Lipinski definition) is 1. The minimum absolute atomic E-state index is 0. The summed E-state index contributed by atoms with van der Waals surface area (Å²) in [6.07, 6.45) is 21.4. The lowest BCUT2D eigenvalue weighted by molar-refractivity contribution is 0.461. The Bertz CT molecular complexity index is 659. The average Bonchev–Trinajstić information content (AvgIpc) is 2.71. The van der Waals surface area contributed by atoms with Gasteiger partial charge in [-0.15, -0.1) is 0 Å². The van der Waals surface area contributed by atoms with Crippen molar-refractivity contribution in [3.05, 3.63) is 29.3 Å². The highest BCUT2D eigenvalue weighted by Crippen LogP contribution is 2.24. The third kappa shape index (κ3) is 14.0. The van der Waals surface area contributed by atoms with Crippen molar-refractivity contribution in [2.24, 2.45) is 0 Å². The van der Waals surface area contributed by atoms with Crippen LogP contribution in [0.3, 0.4) is 0 Å². The lowest BCUT2D eigenvalue weighted by Crippen LogP contribution is -2.07. The number of hydrogen-bond acceptors (Lipinski definition) is 3. The van der Waals surface area contributed by atoms with E-state index >= 15 is 0 Å². The van der Waals surface area contributed by atoms with Gasteiger partial charge in [0.25, 0.3) is 0 Å². The molecule has 31 heavy (non-hydrogen) atoms. The summed E-state index contributed by atoms with van der Waals surface area (Å²) >= 11 is 0. The number of aryl methyl sites for hydroxylation is 1. The van der Waals surface area contributed by atoms with Gasteiger partial charge in [0, 0.05) is 0 Å². The molecule has 0 unspecified atom stereocenters. The molecule has 0 aliphatic heterocycles. The number of unbranched alkanes of at least 4 members (excludes halogenated alkanes) is 14. The third-order valence-corrected chi connectivity index (χ3v) is 7.00. The molecule has 1 aromatic rings. The van der Waals surface area contributed by atoms with Gasteiger partial charge in [-0.3, -0.25) is 0 Å². The van der Waals surface area contributed by atoms with E-state index < -0.39 is 10.1 Å². The first kappa shape index (κ1) is 30.1. The summed E-state index contributed by atoms with van der Waals surface area (Å²) in [5, 5.41) is 0. The summed E-state index contributed by atoms with van der Waals surface area (Å²) < 4.78 is 35.4. The molecule has 4 N–H and O–H groups in total. The quantitative estimate of drug-likeness (QED) is 0.168. The molecule has 0 spiro atoms. The van der Waals surface area contributed by atoms with E-state index in [4.69, 9.17) is 0 Å². The largest absolute Gasteiger partial charge is 0.744 e. The summed E-state index contributed by atoms with van der Waals surface area (Å²) in [6.45, 7) is 4.47. The maximum Gasteiger partial charge on any atom is 0.124 e. The van der Waals surface area contributed by atoms with Crippen molar-refractivity contribution in [3.8, 4) is 0 Å². The van der Waals surface area contributed by atoms with Gasteiger partial charge in [0.15, 0.2) is 0 Å². The van der Waals surface area contributed by atoms with Gasteiger partial charge in [0.05, 0.1) is 4.90 Å². The van der Waals surface area contributed by atoms with Gasteiger partial charge in [-0.05, 0) is 42.9 Å². The standard InChI is InChI=1S/C26H46O3S.H3N/c1-3-5-7-9-11-13-15-17-20-24-21-19-23-26(30(27,28)29)25(24)22-18-16-14-12-10-8-6-4-2;/h19,21,23H,3-18,20,22H2,1-2H3,(H,27,28,29);1H3. The van der Waals surface area contributed by atoms with Crippen molar-refractivity contribution >= 4 is 10.1 Å². The summed E-state index contributed by atoms with van der Waals surface area (Å²) in [6, 6.07) is 5.26. The van der Waals surface area contributed by atoms with Crippen LogP contribution in [0.4, 0.5) is 0 Å². The van der Waals surface area contributed by atoms with Crippen molar-refractivity contribution in [3.63, 3.8) is 0 Å². The molecule has 0 aliphatic carbocycles. The summed E-state index contributed by atoms with van der Waals surface area (Å²) in [5.74, 6) is 0. The summed E-state index contributed by atoms with van der Waals surface area (Å²) in [4.78, 5) is 0.0162. The summed E-state index contributed by atoms with van der Waals surface area (Å²) in [5.41, 5.74) is 1.86. The monoisotopic (exact) mass is 455 g/mol. The molecule has 0 bridgehead atoms. The van der Waals surface area contributed by atoms with Crippen molar-refractivity contribution < 1.29 is 13.0 Å². The second-order valence-corrected chi connectivity index (χ2v) is 10.1. The molecule has 1 aromatic carbocycles. The Morgan fingerprint density at radius 3 is 1.52 bits per heavy atom. The first-order valence-corrected chi connectivity index (χ1v) is 14.0. The van der Waals surface area contributed by atoms with E-state index in [1.807, 2.05) is 6.07 Å². The Morgan fingerprint density at radius 1 is 0.645 bits per heavy atom. The molecule has 0 atom stereocenters.